The molecule has 2 aliphatic rings. The van der Waals surface area contributed by atoms with Crippen molar-refractivity contribution >= 4 is 5.91 Å². The van der Waals surface area contributed by atoms with E-state index in [1.165, 1.54) is 0 Å². The predicted octanol–water partition coefficient (Wildman–Crippen LogP) is 0.198. The number of carbonyl (C=O) groups excluding carboxylic acids is 1. The number of rotatable bonds is 4. The second-order valence-electron chi connectivity index (χ2n) is 6.84. The molecule has 3 rings (SSSR count). The minimum atomic E-state index is -0.718. The van der Waals surface area contributed by atoms with E-state index < -0.39 is 11.7 Å². The average molecular weight is 322 g/mol. The molecule has 7 nitrogen and oxygen atoms in total. The maximum absolute atomic E-state index is 12.7. The van der Waals surface area contributed by atoms with E-state index in [2.05, 4.69) is 4.98 Å². The van der Waals surface area contributed by atoms with Crippen molar-refractivity contribution in [2.45, 2.75) is 43.4 Å². The second kappa shape index (κ2) is 6.22. The van der Waals surface area contributed by atoms with Gasteiger partial charge in [0.25, 0.3) is 5.91 Å². The van der Waals surface area contributed by atoms with Crippen LogP contribution in [0.5, 0.6) is 0 Å². The van der Waals surface area contributed by atoms with Gasteiger partial charge in [-0.3, -0.25) is 4.79 Å². The van der Waals surface area contributed by atoms with E-state index in [4.69, 9.17) is 10.5 Å². The summed E-state index contributed by atoms with van der Waals surface area (Å²) in [5.74, 6) is 0.863. The highest BCUT2D eigenvalue weighted by molar-refractivity contribution is 5.86. The Bertz CT molecular complexity index is 559. The Morgan fingerprint density at radius 2 is 2.13 bits per heavy atom. The number of aliphatic hydroxyl groups is 1. The highest BCUT2D eigenvalue weighted by atomic mass is 16.5. The molecule has 2 fully saturated rings. The number of nitrogens with zero attached hydrogens (tertiary/aromatic N) is 3. The van der Waals surface area contributed by atoms with Crippen LogP contribution in [0.3, 0.4) is 0 Å². The first-order chi connectivity index (χ1) is 11.0. The Morgan fingerprint density at radius 3 is 2.61 bits per heavy atom. The number of nitrogens with two attached hydrogens (primary N) is 1. The van der Waals surface area contributed by atoms with Crippen molar-refractivity contribution in [2.24, 2.45) is 18.7 Å². The van der Waals surface area contributed by atoms with Crippen molar-refractivity contribution in [3.05, 3.63) is 18.2 Å². The molecule has 1 saturated carbocycles. The molecular weight excluding hydrogens is 296 g/mol. The Hall–Kier alpha value is -1.44. The zero-order valence-electron chi connectivity index (χ0n) is 13.8. The number of piperidine rings is 1. The fraction of sp³-hybridized carbons (Fsp3) is 0.750. The number of likely N-dealkylation sites (tertiary alicyclic amines) is 1. The van der Waals surface area contributed by atoms with Crippen LogP contribution in [0.4, 0.5) is 0 Å². The van der Waals surface area contributed by atoms with Gasteiger partial charge in [-0.05, 0) is 18.8 Å². The second-order valence-corrected chi connectivity index (χ2v) is 6.84. The first kappa shape index (κ1) is 16.4. The van der Waals surface area contributed by atoms with Crippen LogP contribution in [0.25, 0.3) is 0 Å². The van der Waals surface area contributed by atoms with E-state index in [-0.39, 0.29) is 17.9 Å². The summed E-state index contributed by atoms with van der Waals surface area (Å²) < 4.78 is 7.32. The predicted molar refractivity (Wildman–Crippen MR) is 84.4 cm³/mol. The summed E-state index contributed by atoms with van der Waals surface area (Å²) in [6, 6.07) is 0.0571. The van der Waals surface area contributed by atoms with Gasteiger partial charge in [0.15, 0.2) is 0 Å². The summed E-state index contributed by atoms with van der Waals surface area (Å²) in [6.45, 7) is 1.29. The Kier molecular flexibility index (Phi) is 4.44. The van der Waals surface area contributed by atoms with Crippen LogP contribution < -0.4 is 5.73 Å². The summed E-state index contributed by atoms with van der Waals surface area (Å²) in [5, 5.41) is 10.5. The first-order valence-corrected chi connectivity index (χ1v) is 8.22. The van der Waals surface area contributed by atoms with Gasteiger partial charge in [0.1, 0.15) is 17.5 Å². The number of ether oxygens (including phenoxy) is 1. The molecule has 0 bridgehead atoms. The largest absolute Gasteiger partial charge is 0.385 e. The van der Waals surface area contributed by atoms with Crippen LogP contribution in [-0.2, 0) is 16.6 Å². The van der Waals surface area contributed by atoms with E-state index in [9.17, 15) is 9.90 Å². The molecular formula is C16H26N4O3. The van der Waals surface area contributed by atoms with Crippen LogP contribution in [0.1, 0.15) is 37.6 Å². The number of hydrogen-bond donors (Lipinski definition) is 2. The number of aryl methyl sites for hydroxylation is 1. The SMILES string of the molecule is COC1(C(=O)N2CCC(C(O)c3nccn3C)CC2)CC(N)C1. The Labute approximate surface area is 136 Å². The molecule has 0 radical (unpaired) electrons. The van der Waals surface area contributed by atoms with Crippen molar-refractivity contribution < 1.29 is 14.6 Å². The van der Waals surface area contributed by atoms with E-state index >= 15 is 0 Å². The zero-order chi connectivity index (χ0) is 16.6. The number of carbonyl (C=O) groups is 1. The lowest BCUT2D eigenvalue weighted by Crippen LogP contribution is -2.62. The molecule has 7 heteroatoms. The summed E-state index contributed by atoms with van der Waals surface area (Å²) in [4.78, 5) is 18.8. The molecule has 1 saturated heterocycles. The number of amides is 1. The van der Waals surface area contributed by atoms with Crippen molar-refractivity contribution in [1.82, 2.24) is 14.5 Å². The maximum atomic E-state index is 12.7. The third kappa shape index (κ3) is 2.88. The lowest BCUT2D eigenvalue weighted by Gasteiger charge is -2.47. The average Bonchev–Trinajstić information content (AvgIpc) is 2.96. The van der Waals surface area contributed by atoms with Gasteiger partial charge < -0.3 is 25.0 Å². The van der Waals surface area contributed by atoms with Crippen molar-refractivity contribution in [1.29, 1.82) is 0 Å². The van der Waals surface area contributed by atoms with Gasteiger partial charge in [-0.15, -0.1) is 0 Å². The minimum Gasteiger partial charge on any atom is -0.385 e. The molecule has 0 aromatic carbocycles. The molecule has 0 spiro atoms. The fourth-order valence-corrected chi connectivity index (χ4v) is 3.80. The van der Waals surface area contributed by atoms with E-state index in [0.29, 0.717) is 31.8 Å². The van der Waals surface area contributed by atoms with Crippen molar-refractivity contribution in [3.8, 4) is 0 Å². The summed E-state index contributed by atoms with van der Waals surface area (Å²) >= 11 is 0. The van der Waals surface area contributed by atoms with Crippen molar-refractivity contribution in [3.63, 3.8) is 0 Å². The summed E-state index contributed by atoms with van der Waals surface area (Å²) in [5.41, 5.74) is 5.12. The number of methoxy groups -OCH3 is 1. The lowest BCUT2D eigenvalue weighted by molar-refractivity contribution is -0.170. The lowest BCUT2D eigenvalue weighted by atomic mass is 9.74. The van der Waals surface area contributed by atoms with Crippen LogP contribution in [-0.4, -0.2) is 57.3 Å². The van der Waals surface area contributed by atoms with E-state index in [1.807, 2.05) is 22.7 Å². The molecule has 1 aromatic heterocycles. The Morgan fingerprint density at radius 1 is 1.48 bits per heavy atom. The summed E-state index contributed by atoms with van der Waals surface area (Å²) in [6.07, 6.45) is 5.67. The third-order valence-electron chi connectivity index (χ3n) is 5.36. The normalized spacial score (nSPS) is 30.1. The van der Waals surface area contributed by atoms with E-state index in [0.717, 1.165) is 12.8 Å². The van der Waals surface area contributed by atoms with Gasteiger partial charge in [0.2, 0.25) is 0 Å². The molecule has 128 valence electrons. The molecule has 1 aromatic rings. The smallest absolute Gasteiger partial charge is 0.254 e. The van der Waals surface area contributed by atoms with Gasteiger partial charge >= 0.3 is 0 Å². The van der Waals surface area contributed by atoms with E-state index in [1.54, 1.807) is 13.3 Å². The van der Waals surface area contributed by atoms with Gasteiger partial charge in [-0.2, -0.15) is 0 Å². The minimum absolute atomic E-state index is 0.0478. The van der Waals surface area contributed by atoms with Crippen LogP contribution >= 0.6 is 0 Å². The molecule has 3 N–H and O–H groups in total. The Balaban J connectivity index is 1.58. The molecule has 23 heavy (non-hydrogen) atoms. The monoisotopic (exact) mass is 322 g/mol. The highest BCUT2D eigenvalue weighted by Gasteiger charge is 2.51. The topological polar surface area (TPSA) is 93.6 Å². The standard InChI is InChI=1S/C16H26N4O3/c1-19-8-5-18-14(19)13(21)11-3-6-20(7-4-11)15(22)16(23-2)9-12(17)10-16/h5,8,11-13,21H,3-4,6-7,9-10,17H2,1-2H3. The fourth-order valence-electron chi connectivity index (χ4n) is 3.80. The maximum Gasteiger partial charge on any atom is 0.254 e. The third-order valence-corrected chi connectivity index (χ3v) is 5.36. The molecule has 1 amide bonds. The summed E-state index contributed by atoms with van der Waals surface area (Å²) in [7, 11) is 3.47. The van der Waals surface area contributed by atoms with Gasteiger partial charge in [0.05, 0.1) is 0 Å². The van der Waals surface area contributed by atoms with Crippen molar-refractivity contribution in [2.75, 3.05) is 20.2 Å². The molecule has 1 atom stereocenters. The zero-order valence-corrected chi connectivity index (χ0v) is 13.8. The molecule has 2 heterocycles. The number of imidazole rings is 1. The van der Waals surface area contributed by atoms with Gasteiger partial charge in [-0.1, -0.05) is 0 Å². The quantitative estimate of drug-likeness (QED) is 0.826. The highest BCUT2D eigenvalue weighted by Crippen LogP contribution is 2.38. The van der Waals surface area contributed by atoms with Gasteiger partial charge in [0, 0.05) is 58.5 Å². The molecule has 1 aliphatic heterocycles. The van der Waals surface area contributed by atoms with Crippen LogP contribution in [0.2, 0.25) is 0 Å². The van der Waals surface area contributed by atoms with Gasteiger partial charge in [-0.25, -0.2) is 4.98 Å². The first-order valence-electron chi connectivity index (χ1n) is 8.22. The molecule has 1 unspecified atom stereocenters. The molecule has 1 aliphatic carbocycles. The number of hydrogen-bond acceptors (Lipinski definition) is 5. The van der Waals surface area contributed by atoms with Crippen LogP contribution in [0.15, 0.2) is 12.4 Å². The van der Waals surface area contributed by atoms with Crippen LogP contribution in [0, 0.1) is 5.92 Å². The number of aromatic nitrogens is 2. The number of aliphatic hydroxyl groups excluding tert-OH is 1.